The van der Waals surface area contributed by atoms with Crippen LogP contribution in [0.2, 0.25) is 5.02 Å². The van der Waals surface area contributed by atoms with Gasteiger partial charge in [-0.2, -0.15) is 0 Å². The molecule has 0 unspecified atom stereocenters. The zero-order valence-electron chi connectivity index (χ0n) is 9.25. The number of carboxylic acids is 1. The number of aromatic carboxylic acids is 1. The number of carbonyl (C=O) groups is 1. The molecule has 1 N–H and O–H groups in total. The summed E-state index contributed by atoms with van der Waals surface area (Å²) in [6.07, 6.45) is 0. The second-order valence-corrected chi connectivity index (χ2v) is 4.13. The second kappa shape index (κ2) is 4.93. The van der Waals surface area contributed by atoms with E-state index in [1.165, 1.54) is 6.07 Å². The highest BCUT2D eigenvalue weighted by Gasteiger charge is 2.20. The van der Waals surface area contributed by atoms with Crippen molar-refractivity contribution in [2.45, 2.75) is 0 Å². The predicted octanol–water partition coefficient (Wildman–Crippen LogP) is 4.12. The fraction of sp³-hybridized carbons (Fsp3) is 0. The smallest absolute Gasteiger partial charge is 0.338 e. The Bertz CT molecular complexity index is 671. The molecule has 2 aromatic carbocycles. The van der Waals surface area contributed by atoms with E-state index in [-0.39, 0.29) is 16.1 Å². The van der Waals surface area contributed by atoms with Gasteiger partial charge in [-0.3, -0.25) is 0 Å². The molecule has 0 aliphatic carbocycles. The number of benzene rings is 2. The summed E-state index contributed by atoms with van der Waals surface area (Å²) in [6, 6.07) is 5.20. The minimum atomic E-state index is -1.58. The molecule has 0 spiro atoms. The molecule has 0 saturated heterocycles. The minimum absolute atomic E-state index is 0.0800. The molecule has 6 heteroatoms. The Morgan fingerprint density at radius 2 is 1.63 bits per heavy atom. The number of hydrogen-bond donors (Lipinski definition) is 1. The van der Waals surface area contributed by atoms with Gasteiger partial charge in [0, 0.05) is 11.1 Å². The van der Waals surface area contributed by atoms with Crippen LogP contribution < -0.4 is 0 Å². The molecule has 0 heterocycles. The van der Waals surface area contributed by atoms with Gasteiger partial charge in [-0.25, -0.2) is 18.0 Å². The van der Waals surface area contributed by atoms with Gasteiger partial charge in [-0.1, -0.05) is 17.7 Å². The van der Waals surface area contributed by atoms with Crippen molar-refractivity contribution >= 4 is 17.6 Å². The van der Waals surface area contributed by atoms with Gasteiger partial charge in [0.1, 0.15) is 5.82 Å². The lowest BCUT2D eigenvalue weighted by Gasteiger charge is -2.08. The van der Waals surface area contributed by atoms with Gasteiger partial charge in [0.15, 0.2) is 11.6 Å². The van der Waals surface area contributed by atoms with Crippen LogP contribution in [-0.4, -0.2) is 11.1 Å². The third kappa shape index (κ3) is 2.42. The first kappa shape index (κ1) is 13.4. The Balaban J connectivity index is 2.64. The van der Waals surface area contributed by atoms with Gasteiger partial charge in [-0.05, 0) is 24.3 Å². The van der Waals surface area contributed by atoms with Crippen LogP contribution in [-0.2, 0) is 0 Å². The first-order valence-corrected chi connectivity index (χ1v) is 5.46. The van der Waals surface area contributed by atoms with Crippen molar-refractivity contribution in [3.05, 3.63) is 58.4 Å². The fourth-order valence-corrected chi connectivity index (χ4v) is 1.90. The topological polar surface area (TPSA) is 37.3 Å². The van der Waals surface area contributed by atoms with Gasteiger partial charge in [0.2, 0.25) is 0 Å². The van der Waals surface area contributed by atoms with Crippen molar-refractivity contribution < 1.29 is 23.1 Å². The van der Waals surface area contributed by atoms with Crippen LogP contribution in [0.3, 0.4) is 0 Å². The van der Waals surface area contributed by atoms with Crippen molar-refractivity contribution in [3.8, 4) is 11.1 Å². The van der Waals surface area contributed by atoms with Gasteiger partial charge in [-0.15, -0.1) is 0 Å². The van der Waals surface area contributed by atoms with E-state index in [1.54, 1.807) is 0 Å². The van der Waals surface area contributed by atoms with Crippen molar-refractivity contribution in [2.75, 3.05) is 0 Å². The second-order valence-electron chi connectivity index (χ2n) is 3.72. The molecule has 0 aliphatic rings. The molecule has 0 aromatic heterocycles. The van der Waals surface area contributed by atoms with E-state index < -0.39 is 29.0 Å². The minimum Gasteiger partial charge on any atom is -0.478 e. The maximum absolute atomic E-state index is 13.8. The molecule has 0 fully saturated rings. The molecule has 2 nitrogen and oxygen atoms in total. The molecular formula is C13H6ClF3O2. The zero-order valence-corrected chi connectivity index (χ0v) is 10.0. The van der Waals surface area contributed by atoms with Crippen molar-refractivity contribution in [2.24, 2.45) is 0 Å². The molecule has 2 aromatic rings. The van der Waals surface area contributed by atoms with Crippen LogP contribution in [0.1, 0.15) is 10.4 Å². The largest absolute Gasteiger partial charge is 0.478 e. The summed E-state index contributed by atoms with van der Waals surface area (Å²) in [4.78, 5) is 10.7. The van der Waals surface area contributed by atoms with E-state index >= 15 is 0 Å². The Kier molecular flexibility index (Phi) is 3.48. The fourth-order valence-electron chi connectivity index (χ4n) is 1.63. The lowest BCUT2D eigenvalue weighted by Crippen LogP contribution is -2.04. The van der Waals surface area contributed by atoms with E-state index in [0.29, 0.717) is 0 Å². The maximum atomic E-state index is 13.8. The van der Waals surface area contributed by atoms with Crippen LogP contribution in [0.15, 0.2) is 30.3 Å². The maximum Gasteiger partial charge on any atom is 0.338 e. The van der Waals surface area contributed by atoms with E-state index in [2.05, 4.69) is 0 Å². The number of halogens is 4. The van der Waals surface area contributed by atoms with E-state index in [9.17, 15) is 18.0 Å². The van der Waals surface area contributed by atoms with Gasteiger partial charge in [0.05, 0.1) is 10.6 Å². The number of hydrogen-bond acceptors (Lipinski definition) is 1. The number of rotatable bonds is 2. The molecule has 19 heavy (non-hydrogen) atoms. The molecule has 98 valence electrons. The Morgan fingerprint density at radius 3 is 2.21 bits per heavy atom. The highest BCUT2D eigenvalue weighted by atomic mass is 35.5. The Morgan fingerprint density at radius 1 is 1.00 bits per heavy atom. The Hall–Kier alpha value is -2.01. The lowest BCUT2D eigenvalue weighted by molar-refractivity contribution is 0.0690. The van der Waals surface area contributed by atoms with Crippen LogP contribution >= 0.6 is 11.6 Å². The molecule has 0 bridgehead atoms. The average molecular weight is 287 g/mol. The molecule has 0 radical (unpaired) electrons. The zero-order chi connectivity index (χ0) is 14.2. The normalized spacial score (nSPS) is 10.5. The summed E-state index contributed by atoms with van der Waals surface area (Å²) in [5.41, 5.74) is -0.927. The molecular weight excluding hydrogens is 281 g/mol. The van der Waals surface area contributed by atoms with Crippen LogP contribution in [0, 0.1) is 17.5 Å². The van der Waals surface area contributed by atoms with E-state index in [0.717, 1.165) is 24.3 Å². The highest BCUT2D eigenvalue weighted by Crippen LogP contribution is 2.32. The molecule has 0 aliphatic heterocycles. The van der Waals surface area contributed by atoms with Crippen molar-refractivity contribution in [3.63, 3.8) is 0 Å². The van der Waals surface area contributed by atoms with Crippen molar-refractivity contribution in [1.29, 1.82) is 0 Å². The quantitative estimate of drug-likeness (QED) is 0.901. The van der Waals surface area contributed by atoms with Gasteiger partial charge >= 0.3 is 5.97 Å². The summed E-state index contributed by atoms with van der Waals surface area (Å²) in [5, 5.41) is 8.56. The molecule has 0 amide bonds. The lowest BCUT2D eigenvalue weighted by atomic mass is 10.0. The first-order chi connectivity index (χ1) is 8.91. The SMILES string of the molecule is O=C(O)c1ccc(-c2ccc(F)cc2Cl)c(F)c1F. The predicted molar refractivity (Wildman–Crippen MR) is 63.7 cm³/mol. The molecule has 0 saturated carbocycles. The van der Waals surface area contributed by atoms with Crippen LogP contribution in [0.4, 0.5) is 13.2 Å². The van der Waals surface area contributed by atoms with Crippen LogP contribution in [0.25, 0.3) is 11.1 Å². The summed E-state index contributed by atoms with van der Waals surface area (Å²) >= 11 is 5.75. The van der Waals surface area contributed by atoms with E-state index in [4.69, 9.17) is 16.7 Å². The summed E-state index contributed by atoms with van der Waals surface area (Å²) in [7, 11) is 0. The third-order valence-electron chi connectivity index (χ3n) is 2.53. The first-order valence-electron chi connectivity index (χ1n) is 5.08. The van der Waals surface area contributed by atoms with E-state index in [1.807, 2.05) is 0 Å². The standard InChI is InChI=1S/C13H6ClF3O2/c14-10-5-6(15)1-2-7(10)8-3-4-9(13(18)19)12(17)11(8)16/h1-5H,(H,18,19). The summed E-state index contributed by atoms with van der Waals surface area (Å²) in [6.45, 7) is 0. The summed E-state index contributed by atoms with van der Waals surface area (Å²) < 4.78 is 40.2. The highest BCUT2D eigenvalue weighted by molar-refractivity contribution is 6.33. The average Bonchev–Trinajstić information content (AvgIpc) is 2.33. The monoisotopic (exact) mass is 286 g/mol. The van der Waals surface area contributed by atoms with Crippen molar-refractivity contribution in [1.82, 2.24) is 0 Å². The molecule has 0 atom stereocenters. The van der Waals surface area contributed by atoms with Crippen LogP contribution in [0.5, 0.6) is 0 Å². The van der Waals surface area contributed by atoms with Gasteiger partial charge < -0.3 is 5.11 Å². The number of carboxylic acid groups (broad SMARTS) is 1. The Labute approximate surface area is 111 Å². The molecule has 2 rings (SSSR count). The summed E-state index contributed by atoms with van der Waals surface area (Å²) in [5.74, 6) is -5.01. The third-order valence-corrected chi connectivity index (χ3v) is 2.85. The van der Waals surface area contributed by atoms with Gasteiger partial charge in [0.25, 0.3) is 0 Å².